The van der Waals surface area contributed by atoms with Crippen molar-refractivity contribution in [1.82, 2.24) is 4.98 Å². The van der Waals surface area contributed by atoms with E-state index in [0.29, 0.717) is 16.0 Å². The Morgan fingerprint density at radius 1 is 1.05 bits per heavy atom. The normalized spacial score (nSPS) is 11.4. The minimum absolute atomic E-state index is 0.00522. The van der Waals surface area contributed by atoms with Crippen LogP contribution in [0.25, 0.3) is 0 Å². The lowest BCUT2D eigenvalue weighted by Crippen LogP contribution is -2.07. The Labute approximate surface area is 124 Å². The number of benzene rings is 1. The third-order valence-corrected chi connectivity index (χ3v) is 3.62. The molecule has 0 aliphatic carbocycles. The van der Waals surface area contributed by atoms with Crippen LogP contribution >= 0.6 is 31.9 Å². The number of halogens is 5. The molecule has 0 bridgehead atoms. The second-order valence-electron chi connectivity index (χ2n) is 3.65. The number of alkyl halides is 3. The van der Waals surface area contributed by atoms with Gasteiger partial charge in [-0.2, -0.15) is 13.2 Å². The molecule has 0 unspecified atom stereocenters. The van der Waals surface area contributed by atoms with Crippen molar-refractivity contribution in [3.05, 3.63) is 51.0 Å². The van der Waals surface area contributed by atoms with Crippen LogP contribution in [0.1, 0.15) is 5.56 Å². The van der Waals surface area contributed by atoms with E-state index in [9.17, 15) is 13.2 Å². The predicted molar refractivity (Wildman–Crippen MR) is 74.4 cm³/mol. The van der Waals surface area contributed by atoms with Crippen molar-refractivity contribution in [3.8, 4) is 0 Å². The van der Waals surface area contributed by atoms with Crippen LogP contribution in [-0.2, 0) is 6.18 Å². The van der Waals surface area contributed by atoms with Gasteiger partial charge >= 0.3 is 6.18 Å². The second-order valence-corrected chi connectivity index (χ2v) is 5.36. The molecular formula is C12H7Br2F3N2. The van der Waals surface area contributed by atoms with Crippen LogP contribution in [0.2, 0.25) is 0 Å². The Morgan fingerprint density at radius 3 is 2.42 bits per heavy atom. The molecule has 0 saturated heterocycles. The van der Waals surface area contributed by atoms with Gasteiger partial charge in [0, 0.05) is 16.4 Å². The SMILES string of the molecule is FC(F)(F)c1cc(Nc2ncccc2Br)ccc1Br. The maximum Gasteiger partial charge on any atom is 0.417 e. The summed E-state index contributed by atoms with van der Waals surface area (Å²) in [7, 11) is 0. The van der Waals surface area contributed by atoms with Crippen LogP contribution in [0.4, 0.5) is 24.7 Å². The number of nitrogens with one attached hydrogen (secondary N) is 1. The first-order valence-electron chi connectivity index (χ1n) is 5.12. The molecule has 1 N–H and O–H groups in total. The Kier molecular flexibility index (Phi) is 4.15. The maximum atomic E-state index is 12.8. The number of anilines is 2. The second kappa shape index (κ2) is 5.50. The topological polar surface area (TPSA) is 24.9 Å². The highest BCUT2D eigenvalue weighted by atomic mass is 79.9. The molecule has 7 heteroatoms. The zero-order chi connectivity index (χ0) is 14.0. The number of aromatic nitrogens is 1. The van der Waals surface area contributed by atoms with Crippen molar-refractivity contribution >= 4 is 43.4 Å². The molecule has 2 rings (SSSR count). The molecule has 0 aliphatic rings. The minimum atomic E-state index is -4.40. The van der Waals surface area contributed by atoms with Gasteiger partial charge in [-0.3, -0.25) is 0 Å². The third kappa shape index (κ3) is 3.48. The van der Waals surface area contributed by atoms with Crippen molar-refractivity contribution in [2.75, 3.05) is 5.32 Å². The van der Waals surface area contributed by atoms with Crippen LogP contribution in [0.5, 0.6) is 0 Å². The van der Waals surface area contributed by atoms with E-state index < -0.39 is 11.7 Å². The highest BCUT2D eigenvalue weighted by Crippen LogP contribution is 2.37. The number of hydrogen-bond donors (Lipinski definition) is 1. The van der Waals surface area contributed by atoms with Gasteiger partial charge in [0.15, 0.2) is 0 Å². The summed E-state index contributed by atoms with van der Waals surface area (Å²) in [5, 5.41) is 2.83. The standard InChI is InChI=1S/C12H7Br2F3N2/c13-9-4-3-7(6-8(9)12(15,16)17)19-11-10(14)2-1-5-18-11/h1-6H,(H,18,19). The average Bonchev–Trinajstić information content (AvgIpc) is 2.33. The fourth-order valence-corrected chi connectivity index (χ4v) is 2.26. The van der Waals surface area contributed by atoms with E-state index in [-0.39, 0.29) is 4.47 Å². The number of hydrogen-bond acceptors (Lipinski definition) is 2. The fourth-order valence-electron chi connectivity index (χ4n) is 1.43. The Hall–Kier alpha value is -1.08. The zero-order valence-electron chi connectivity index (χ0n) is 9.30. The molecule has 0 fully saturated rings. The molecule has 0 amide bonds. The van der Waals surface area contributed by atoms with Gasteiger partial charge in [0.2, 0.25) is 0 Å². The van der Waals surface area contributed by atoms with E-state index in [0.717, 1.165) is 6.07 Å². The Balaban J connectivity index is 2.35. The summed E-state index contributed by atoms with van der Waals surface area (Å²) in [5.74, 6) is 0.456. The smallest absolute Gasteiger partial charge is 0.339 e. The molecule has 1 aromatic carbocycles. The number of rotatable bonds is 2. The van der Waals surface area contributed by atoms with E-state index in [4.69, 9.17) is 0 Å². The summed E-state index contributed by atoms with van der Waals surface area (Å²) in [4.78, 5) is 4.04. The highest BCUT2D eigenvalue weighted by molar-refractivity contribution is 9.10. The van der Waals surface area contributed by atoms with Gasteiger partial charge < -0.3 is 5.32 Å². The first-order valence-corrected chi connectivity index (χ1v) is 6.71. The summed E-state index contributed by atoms with van der Waals surface area (Å²) in [6.07, 6.45) is -2.85. The lowest BCUT2D eigenvalue weighted by Gasteiger charge is -2.12. The van der Waals surface area contributed by atoms with E-state index in [1.165, 1.54) is 6.07 Å². The summed E-state index contributed by atoms with van der Waals surface area (Å²) in [5.41, 5.74) is -0.417. The molecule has 0 spiro atoms. The number of nitrogens with zero attached hydrogens (tertiary/aromatic N) is 1. The van der Waals surface area contributed by atoms with Gasteiger partial charge in [0.05, 0.1) is 10.0 Å². The van der Waals surface area contributed by atoms with Crippen molar-refractivity contribution in [3.63, 3.8) is 0 Å². The summed E-state index contributed by atoms with van der Waals surface area (Å²) >= 11 is 6.16. The Bertz CT molecular complexity index is 600. The summed E-state index contributed by atoms with van der Waals surface area (Å²) in [6, 6.07) is 7.39. The van der Waals surface area contributed by atoms with Crippen molar-refractivity contribution in [2.45, 2.75) is 6.18 Å². The van der Waals surface area contributed by atoms with Crippen LogP contribution in [0, 0.1) is 0 Å². The van der Waals surface area contributed by atoms with Gasteiger partial charge in [0.1, 0.15) is 5.82 Å². The van der Waals surface area contributed by atoms with Crippen molar-refractivity contribution in [1.29, 1.82) is 0 Å². The number of pyridine rings is 1. The lowest BCUT2D eigenvalue weighted by atomic mass is 10.2. The fraction of sp³-hybridized carbons (Fsp3) is 0.0833. The lowest BCUT2D eigenvalue weighted by molar-refractivity contribution is -0.138. The van der Waals surface area contributed by atoms with E-state index in [1.54, 1.807) is 24.4 Å². The monoisotopic (exact) mass is 394 g/mol. The van der Waals surface area contributed by atoms with Gasteiger partial charge in [-0.15, -0.1) is 0 Å². The molecule has 0 aliphatic heterocycles. The highest BCUT2D eigenvalue weighted by Gasteiger charge is 2.33. The average molecular weight is 396 g/mol. The van der Waals surface area contributed by atoms with Crippen LogP contribution in [-0.4, -0.2) is 4.98 Å². The maximum absolute atomic E-state index is 12.8. The van der Waals surface area contributed by atoms with Gasteiger partial charge in [0.25, 0.3) is 0 Å². The quantitative estimate of drug-likeness (QED) is 0.739. The van der Waals surface area contributed by atoms with Gasteiger partial charge in [-0.05, 0) is 46.3 Å². The van der Waals surface area contributed by atoms with Crippen molar-refractivity contribution in [2.24, 2.45) is 0 Å². The first kappa shape index (κ1) is 14.3. The van der Waals surface area contributed by atoms with E-state index >= 15 is 0 Å². The zero-order valence-corrected chi connectivity index (χ0v) is 12.5. The van der Waals surface area contributed by atoms with Gasteiger partial charge in [-0.1, -0.05) is 15.9 Å². The molecule has 1 aromatic heterocycles. The Morgan fingerprint density at radius 2 is 1.79 bits per heavy atom. The van der Waals surface area contributed by atoms with Crippen LogP contribution < -0.4 is 5.32 Å². The predicted octanol–water partition coefficient (Wildman–Crippen LogP) is 5.37. The summed E-state index contributed by atoms with van der Waals surface area (Å²) in [6.45, 7) is 0. The van der Waals surface area contributed by atoms with Gasteiger partial charge in [-0.25, -0.2) is 4.98 Å². The first-order chi connectivity index (χ1) is 8.88. The molecule has 19 heavy (non-hydrogen) atoms. The molecule has 0 saturated carbocycles. The molecule has 0 radical (unpaired) electrons. The van der Waals surface area contributed by atoms with E-state index in [1.807, 2.05) is 0 Å². The molecule has 0 atom stereocenters. The molecule has 2 aromatic rings. The molecule has 100 valence electrons. The molecule has 1 heterocycles. The summed E-state index contributed by atoms with van der Waals surface area (Å²) < 4.78 is 39.0. The van der Waals surface area contributed by atoms with Crippen LogP contribution in [0.3, 0.4) is 0 Å². The third-order valence-electron chi connectivity index (χ3n) is 2.29. The minimum Gasteiger partial charge on any atom is -0.339 e. The van der Waals surface area contributed by atoms with Crippen LogP contribution in [0.15, 0.2) is 45.5 Å². The van der Waals surface area contributed by atoms with E-state index in [2.05, 4.69) is 42.2 Å². The largest absolute Gasteiger partial charge is 0.417 e. The molecule has 2 nitrogen and oxygen atoms in total. The van der Waals surface area contributed by atoms with Crippen molar-refractivity contribution < 1.29 is 13.2 Å². The molecular weight excluding hydrogens is 389 g/mol.